The van der Waals surface area contributed by atoms with Gasteiger partial charge in [-0.25, -0.2) is 0 Å². The maximum absolute atomic E-state index is 12.3. The molecule has 1 amide bonds. The molecule has 0 saturated heterocycles. The van der Waals surface area contributed by atoms with Crippen LogP contribution in [-0.4, -0.2) is 28.8 Å². The summed E-state index contributed by atoms with van der Waals surface area (Å²) in [6.45, 7) is 4.85. The van der Waals surface area contributed by atoms with Gasteiger partial charge < -0.3 is 5.32 Å². The highest BCUT2D eigenvalue weighted by molar-refractivity contribution is 6.31. The molecule has 2 aromatic rings. The van der Waals surface area contributed by atoms with Gasteiger partial charge >= 0.3 is 0 Å². The highest BCUT2D eigenvalue weighted by Crippen LogP contribution is 2.21. The van der Waals surface area contributed by atoms with Crippen molar-refractivity contribution in [1.82, 2.24) is 4.90 Å². The maximum atomic E-state index is 12.3. The van der Waals surface area contributed by atoms with E-state index in [1.165, 1.54) is 6.07 Å². The average molecular weight is 362 g/mol. The van der Waals surface area contributed by atoms with E-state index in [1.54, 1.807) is 30.3 Å². The molecule has 0 atom stereocenters. The fraction of sp³-hybridized carbons (Fsp3) is 0.278. The van der Waals surface area contributed by atoms with Gasteiger partial charge in [-0.1, -0.05) is 42.8 Å². The summed E-state index contributed by atoms with van der Waals surface area (Å²) in [4.78, 5) is 24.9. The Labute approximate surface area is 151 Å². The molecule has 0 radical (unpaired) electrons. The van der Waals surface area contributed by atoms with Crippen molar-refractivity contribution in [3.8, 4) is 0 Å². The SMILES string of the molecule is CCN(CC(=O)Nc1cc(Cl)ccc1C)Cc1ccccc1[N+](=O)[O-]. The van der Waals surface area contributed by atoms with Crippen LogP contribution in [0.4, 0.5) is 11.4 Å². The third kappa shape index (κ3) is 5.27. The first-order valence-corrected chi connectivity index (χ1v) is 8.29. The zero-order valence-electron chi connectivity index (χ0n) is 14.2. The first-order chi connectivity index (χ1) is 11.9. The Morgan fingerprint density at radius 1 is 1.28 bits per heavy atom. The summed E-state index contributed by atoms with van der Waals surface area (Å²) in [6, 6.07) is 11.9. The number of aryl methyl sites for hydroxylation is 1. The maximum Gasteiger partial charge on any atom is 0.273 e. The molecule has 0 aliphatic rings. The molecule has 132 valence electrons. The van der Waals surface area contributed by atoms with Gasteiger partial charge in [-0.2, -0.15) is 0 Å². The number of likely N-dealkylation sites (N-methyl/N-ethyl adjacent to an activating group) is 1. The number of benzene rings is 2. The number of nitro groups is 1. The second kappa shape index (κ2) is 8.60. The number of hydrogen-bond donors (Lipinski definition) is 1. The number of nitro benzene ring substituents is 1. The fourth-order valence-corrected chi connectivity index (χ4v) is 2.64. The van der Waals surface area contributed by atoms with Crippen LogP contribution in [0, 0.1) is 17.0 Å². The van der Waals surface area contributed by atoms with E-state index in [9.17, 15) is 14.9 Å². The summed E-state index contributed by atoms with van der Waals surface area (Å²) in [7, 11) is 0. The molecule has 0 aliphatic heterocycles. The van der Waals surface area contributed by atoms with Crippen molar-refractivity contribution >= 4 is 28.9 Å². The Balaban J connectivity index is 2.06. The Morgan fingerprint density at radius 3 is 2.68 bits per heavy atom. The third-order valence-corrected chi connectivity index (χ3v) is 4.11. The number of para-hydroxylation sites is 1. The van der Waals surface area contributed by atoms with Gasteiger partial charge in [-0.05, 0) is 31.2 Å². The number of anilines is 1. The molecule has 7 heteroatoms. The average Bonchev–Trinajstić information content (AvgIpc) is 2.57. The first kappa shape index (κ1) is 18.9. The summed E-state index contributed by atoms with van der Waals surface area (Å²) >= 11 is 5.96. The summed E-state index contributed by atoms with van der Waals surface area (Å²) in [5, 5.41) is 14.5. The minimum Gasteiger partial charge on any atom is -0.325 e. The van der Waals surface area contributed by atoms with Gasteiger partial charge in [0.1, 0.15) is 0 Å². The molecule has 0 fully saturated rings. The van der Waals surface area contributed by atoms with E-state index in [4.69, 9.17) is 11.6 Å². The summed E-state index contributed by atoms with van der Waals surface area (Å²) in [5.74, 6) is -0.189. The van der Waals surface area contributed by atoms with Crippen LogP contribution in [0.5, 0.6) is 0 Å². The third-order valence-electron chi connectivity index (χ3n) is 3.87. The minimum absolute atomic E-state index is 0.0621. The van der Waals surface area contributed by atoms with Gasteiger partial charge in [0.2, 0.25) is 5.91 Å². The van der Waals surface area contributed by atoms with Gasteiger partial charge in [0.25, 0.3) is 5.69 Å². The number of hydrogen-bond acceptors (Lipinski definition) is 4. The van der Waals surface area contributed by atoms with E-state index in [0.29, 0.717) is 29.4 Å². The first-order valence-electron chi connectivity index (χ1n) is 7.91. The number of halogens is 1. The molecule has 1 N–H and O–H groups in total. The highest BCUT2D eigenvalue weighted by atomic mass is 35.5. The van der Waals surface area contributed by atoms with Crippen molar-refractivity contribution < 1.29 is 9.72 Å². The van der Waals surface area contributed by atoms with Crippen LogP contribution in [0.3, 0.4) is 0 Å². The lowest BCUT2D eigenvalue weighted by molar-refractivity contribution is -0.385. The van der Waals surface area contributed by atoms with Crippen LogP contribution in [0.2, 0.25) is 5.02 Å². The smallest absolute Gasteiger partial charge is 0.273 e. The molecule has 0 heterocycles. The van der Waals surface area contributed by atoms with Crippen LogP contribution in [0.1, 0.15) is 18.1 Å². The highest BCUT2D eigenvalue weighted by Gasteiger charge is 2.17. The lowest BCUT2D eigenvalue weighted by Gasteiger charge is -2.20. The second-order valence-electron chi connectivity index (χ2n) is 5.70. The van der Waals surface area contributed by atoms with Crippen molar-refractivity contribution in [3.05, 3.63) is 68.7 Å². The van der Waals surface area contributed by atoms with E-state index in [1.807, 2.05) is 24.8 Å². The van der Waals surface area contributed by atoms with Crippen molar-refractivity contribution in [1.29, 1.82) is 0 Å². The lowest BCUT2D eigenvalue weighted by atomic mass is 10.1. The van der Waals surface area contributed by atoms with Gasteiger partial charge in [0, 0.05) is 28.9 Å². The standard InChI is InChI=1S/C18H20ClN3O3/c1-3-21(11-14-6-4-5-7-17(14)22(24)25)12-18(23)20-16-10-15(19)9-8-13(16)2/h4-10H,3,11-12H2,1-2H3,(H,20,23). The van der Waals surface area contributed by atoms with Gasteiger partial charge in [-0.3, -0.25) is 19.8 Å². The number of nitrogens with zero attached hydrogens (tertiary/aromatic N) is 2. The number of rotatable bonds is 7. The van der Waals surface area contributed by atoms with Crippen molar-refractivity contribution in [2.75, 3.05) is 18.4 Å². The van der Waals surface area contributed by atoms with E-state index in [0.717, 1.165) is 5.56 Å². The van der Waals surface area contributed by atoms with E-state index in [2.05, 4.69) is 5.32 Å². The van der Waals surface area contributed by atoms with E-state index < -0.39 is 4.92 Å². The Hall–Kier alpha value is -2.44. The van der Waals surface area contributed by atoms with E-state index >= 15 is 0 Å². The number of nitrogens with one attached hydrogen (secondary N) is 1. The lowest BCUT2D eigenvalue weighted by Crippen LogP contribution is -2.33. The summed E-state index contributed by atoms with van der Waals surface area (Å²) in [6.07, 6.45) is 0. The zero-order valence-corrected chi connectivity index (χ0v) is 14.9. The summed E-state index contributed by atoms with van der Waals surface area (Å²) < 4.78 is 0. The van der Waals surface area contributed by atoms with Crippen molar-refractivity contribution in [2.24, 2.45) is 0 Å². The van der Waals surface area contributed by atoms with Gasteiger partial charge in [-0.15, -0.1) is 0 Å². The second-order valence-corrected chi connectivity index (χ2v) is 6.13. The Kier molecular flexibility index (Phi) is 6.50. The zero-order chi connectivity index (χ0) is 18.4. The van der Waals surface area contributed by atoms with Crippen LogP contribution in [-0.2, 0) is 11.3 Å². The van der Waals surface area contributed by atoms with Gasteiger partial charge in [0.05, 0.1) is 11.5 Å². The molecule has 6 nitrogen and oxygen atoms in total. The van der Waals surface area contributed by atoms with Crippen molar-refractivity contribution in [2.45, 2.75) is 20.4 Å². The summed E-state index contributed by atoms with van der Waals surface area (Å²) in [5.41, 5.74) is 2.23. The van der Waals surface area contributed by atoms with Crippen molar-refractivity contribution in [3.63, 3.8) is 0 Å². The predicted molar refractivity (Wildman–Crippen MR) is 98.9 cm³/mol. The molecule has 0 unspecified atom stereocenters. The topological polar surface area (TPSA) is 75.5 Å². The van der Waals surface area contributed by atoms with Crippen LogP contribution in [0.25, 0.3) is 0 Å². The molecule has 2 aromatic carbocycles. The molecular weight excluding hydrogens is 342 g/mol. The molecule has 0 aromatic heterocycles. The number of carbonyl (C=O) groups excluding carboxylic acids is 1. The van der Waals surface area contributed by atoms with Crippen LogP contribution >= 0.6 is 11.6 Å². The van der Waals surface area contributed by atoms with Crippen LogP contribution in [0.15, 0.2) is 42.5 Å². The monoisotopic (exact) mass is 361 g/mol. The Bertz CT molecular complexity index is 780. The molecule has 0 saturated carbocycles. The molecule has 25 heavy (non-hydrogen) atoms. The Morgan fingerprint density at radius 2 is 2.00 bits per heavy atom. The quantitative estimate of drug-likeness (QED) is 0.597. The molecule has 0 bridgehead atoms. The number of amides is 1. The molecular formula is C18H20ClN3O3. The largest absolute Gasteiger partial charge is 0.325 e. The van der Waals surface area contributed by atoms with Crippen LogP contribution < -0.4 is 5.32 Å². The van der Waals surface area contributed by atoms with Gasteiger partial charge in [0.15, 0.2) is 0 Å². The fourth-order valence-electron chi connectivity index (χ4n) is 2.46. The molecule has 0 spiro atoms. The predicted octanol–water partition coefficient (Wildman–Crippen LogP) is 4.02. The minimum atomic E-state index is -0.404. The molecule has 0 aliphatic carbocycles. The normalized spacial score (nSPS) is 10.7. The van der Waals surface area contributed by atoms with E-state index in [-0.39, 0.29) is 18.1 Å². The number of carbonyl (C=O) groups is 1. The molecule has 2 rings (SSSR count).